The van der Waals surface area contributed by atoms with E-state index in [4.69, 9.17) is 4.74 Å². The van der Waals surface area contributed by atoms with E-state index in [9.17, 15) is 0 Å². The van der Waals surface area contributed by atoms with Crippen LogP contribution < -0.4 is 0 Å². The number of nitrogens with one attached hydrogen (secondary N) is 1. The molecule has 4 nitrogen and oxygen atoms in total. The second kappa shape index (κ2) is 4.27. The third kappa shape index (κ3) is 1.59. The Hall–Kier alpha value is -2.46. The van der Waals surface area contributed by atoms with E-state index in [-0.39, 0.29) is 0 Å². The fourth-order valence-electron chi connectivity index (χ4n) is 3.13. The van der Waals surface area contributed by atoms with Gasteiger partial charge >= 0.3 is 0 Å². The predicted molar refractivity (Wildman–Crippen MR) is 78.5 cm³/mol. The molecule has 0 bridgehead atoms. The highest BCUT2D eigenvalue weighted by Gasteiger charge is 2.71. The average Bonchev–Trinajstić information content (AvgIpc) is 2.91. The van der Waals surface area contributed by atoms with Crippen LogP contribution in [0.1, 0.15) is 23.7 Å². The van der Waals surface area contributed by atoms with Crippen LogP contribution in [0.25, 0.3) is 0 Å². The van der Waals surface area contributed by atoms with Crippen LogP contribution in [0.15, 0.2) is 66.9 Å². The molecule has 1 N–H and O–H groups in total. The van der Waals surface area contributed by atoms with Gasteiger partial charge in [0, 0.05) is 0 Å². The molecule has 0 spiro atoms. The van der Waals surface area contributed by atoms with Gasteiger partial charge in [0.05, 0.1) is 6.20 Å². The molecule has 1 aliphatic heterocycles. The van der Waals surface area contributed by atoms with Crippen LogP contribution in [0, 0.1) is 0 Å². The summed E-state index contributed by atoms with van der Waals surface area (Å²) < 4.78 is 6.29. The van der Waals surface area contributed by atoms with Gasteiger partial charge in [0.25, 0.3) is 0 Å². The molecule has 0 amide bonds. The van der Waals surface area contributed by atoms with Crippen molar-refractivity contribution >= 4 is 0 Å². The van der Waals surface area contributed by atoms with Crippen molar-refractivity contribution < 1.29 is 4.74 Å². The molecule has 0 aliphatic carbocycles. The number of H-pyrrole nitrogens is 1. The zero-order valence-electron chi connectivity index (χ0n) is 11.7. The third-order valence-electron chi connectivity index (χ3n) is 4.25. The van der Waals surface area contributed by atoms with E-state index in [1.54, 1.807) is 6.20 Å². The molecule has 1 fully saturated rings. The van der Waals surface area contributed by atoms with Gasteiger partial charge in [0.2, 0.25) is 0 Å². The topological polar surface area (TPSA) is 54.1 Å². The number of benzene rings is 2. The monoisotopic (exact) mass is 277 g/mol. The summed E-state index contributed by atoms with van der Waals surface area (Å²) in [5.41, 5.74) is 2.05. The molecule has 1 aromatic heterocycles. The number of aromatic amines is 1. The van der Waals surface area contributed by atoms with E-state index in [1.165, 1.54) is 0 Å². The van der Waals surface area contributed by atoms with Gasteiger partial charge < -0.3 is 4.74 Å². The van der Waals surface area contributed by atoms with E-state index in [1.807, 2.05) is 36.4 Å². The van der Waals surface area contributed by atoms with Gasteiger partial charge in [-0.3, -0.25) is 0 Å². The fourth-order valence-corrected chi connectivity index (χ4v) is 3.13. The Labute approximate surface area is 122 Å². The van der Waals surface area contributed by atoms with Crippen LogP contribution >= 0.6 is 0 Å². The van der Waals surface area contributed by atoms with Crippen molar-refractivity contribution in [1.82, 2.24) is 15.4 Å². The molecule has 104 valence electrons. The van der Waals surface area contributed by atoms with Crippen LogP contribution in [0.4, 0.5) is 0 Å². The second-order valence-electron chi connectivity index (χ2n) is 5.40. The molecule has 1 unspecified atom stereocenters. The maximum absolute atomic E-state index is 6.29. The lowest BCUT2D eigenvalue weighted by Crippen LogP contribution is -2.21. The van der Waals surface area contributed by atoms with Gasteiger partial charge in [-0.15, -0.1) is 0 Å². The number of hydrogen-bond acceptors (Lipinski definition) is 3. The number of hydrogen-bond donors (Lipinski definition) is 1. The van der Waals surface area contributed by atoms with Gasteiger partial charge in [-0.25, -0.2) is 0 Å². The van der Waals surface area contributed by atoms with Crippen molar-refractivity contribution in [2.75, 3.05) is 0 Å². The van der Waals surface area contributed by atoms with E-state index < -0.39 is 11.2 Å². The quantitative estimate of drug-likeness (QED) is 0.749. The minimum atomic E-state index is -0.511. The smallest absolute Gasteiger partial charge is 0.154 e. The maximum atomic E-state index is 6.29. The minimum absolute atomic E-state index is 0.508. The lowest BCUT2D eigenvalue weighted by molar-refractivity contribution is 0.286. The first-order chi connectivity index (χ1) is 10.3. The van der Waals surface area contributed by atoms with Crippen molar-refractivity contribution in [2.24, 2.45) is 0 Å². The van der Waals surface area contributed by atoms with Gasteiger partial charge in [-0.05, 0) is 18.1 Å². The van der Waals surface area contributed by atoms with Crippen molar-refractivity contribution in [3.05, 3.63) is 83.7 Å². The van der Waals surface area contributed by atoms with Gasteiger partial charge in [-0.2, -0.15) is 15.4 Å². The Morgan fingerprint density at radius 3 is 1.95 bits per heavy atom. The molecule has 2 aromatic carbocycles. The summed E-state index contributed by atoms with van der Waals surface area (Å²) in [6.07, 6.45) is 1.73. The Morgan fingerprint density at radius 1 is 0.905 bits per heavy atom. The maximum Gasteiger partial charge on any atom is 0.154 e. The van der Waals surface area contributed by atoms with Crippen LogP contribution in [-0.4, -0.2) is 15.4 Å². The summed E-state index contributed by atoms with van der Waals surface area (Å²) in [7, 11) is 0. The highest BCUT2D eigenvalue weighted by Crippen LogP contribution is 2.64. The summed E-state index contributed by atoms with van der Waals surface area (Å²) in [6.45, 7) is 2.06. The molecule has 0 radical (unpaired) electrons. The van der Waals surface area contributed by atoms with Gasteiger partial charge in [0.1, 0.15) is 11.3 Å². The summed E-state index contributed by atoms with van der Waals surface area (Å²) in [5.74, 6) is 0. The average molecular weight is 277 g/mol. The summed E-state index contributed by atoms with van der Waals surface area (Å²) in [4.78, 5) is 0. The number of rotatable bonds is 3. The number of epoxide rings is 1. The van der Waals surface area contributed by atoms with Crippen LogP contribution in [0.3, 0.4) is 0 Å². The van der Waals surface area contributed by atoms with Crippen LogP contribution in [-0.2, 0) is 15.9 Å². The third-order valence-corrected chi connectivity index (χ3v) is 4.25. The van der Waals surface area contributed by atoms with Gasteiger partial charge in [0.15, 0.2) is 5.60 Å². The Bertz CT molecular complexity index is 701. The molecule has 2 heterocycles. The molecule has 1 aliphatic rings. The molecular weight excluding hydrogens is 262 g/mol. The zero-order valence-corrected chi connectivity index (χ0v) is 11.7. The highest BCUT2D eigenvalue weighted by atomic mass is 16.6. The SMILES string of the molecule is CC1(c2cn[nH]n2)OC1(c1ccccc1)c1ccccc1. The molecule has 21 heavy (non-hydrogen) atoms. The molecule has 3 aromatic rings. The summed E-state index contributed by atoms with van der Waals surface area (Å²) in [5, 5.41) is 10.8. The van der Waals surface area contributed by atoms with E-state index in [2.05, 4.69) is 46.6 Å². The Balaban J connectivity index is 1.91. The predicted octanol–water partition coefficient (Wildman–Crippen LogP) is 2.99. The van der Waals surface area contributed by atoms with Gasteiger partial charge in [-0.1, -0.05) is 60.7 Å². The first-order valence-corrected chi connectivity index (χ1v) is 6.95. The van der Waals surface area contributed by atoms with Crippen LogP contribution in [0.2, 0.25) is 0 Å². The Morgan fingerprint density at radius 2 is 1.48 bits per heavy atom. The fraction of sp³-hybridized carbons (Fsp3) is 0.176. The zero-order chi connectivity index (χ0) is 14.3. The highest BCUT2D eigenvalue weighted by molar-refractivity contribution is 5.48. The minimum Gasteiger partial charge on any atom is -0.346 e. The van der Waals surface area contributed by atoms with Crippen molar-refractivity contribution in [2.45, 2.75) is 18.1 Å². The number of aromatic nitrogens is 3. The Kier molecular flexibility index (Phi) is 2.50. The summed E-state index contributed by atoms with van der Waals surface area (Å²) in [6, 6.07) is 20.5. The van der Waals surface area contributed by atoms with E-state index in [0.29, 0.717) is 0 Å². The van der Waals surface area contributed by atoms with E-state index in [0.717, 1.165) is 16.8 Å². The molecule has 1 saturated heterocycles. The number of nitrogens with zero attached hydrogens (tertiary/aromatic N) is 2. The molecule has 1 atom stereocenters. The molecular formula is C17H15N3O. The van der Waals surface area contributed by atoms with E-state index >= 15 is 0 Å². The lowest BCUT2D eigenvalue weighted by Gasteiger charge is -2.17. The van der Waals surface area contributed by atoms with Crippen molar-refractivity contribution in [3.63, 3.8) is 0 Å². The lowest BCUT2D eigenvalue weighted by atomic mass is 9.80. The second-order valence-corrected chi connectivity index (χ2v) is 5.40. The van der Waals surface area contributed by atoms with Crippen molar-refractivity contribution in [3.8, 4) is 0 Å². The van der Waals surface area contributed by atoms with Crippen molar-refractivity contribution in [1.29, 1.82) is 0 Å². The standard InChI is InChI=1S/C17H15N3O/c1-16(15-12-18-20-19-15)17(21-16,13-8-4-2-5-9-13)14-10-6-3-7-11-14/h2-12H,1H3,(H,18,19,20). The molecule has 4 rings (SSSR count). The normalized spacial score (nSPS) is 22.9. The molecule has 0 saturated carbocycles. The first-order valence-electron chi connectivity index (χ1n) is 6.95. The largest absolute Gasteiger partial charge is 0.346 e. The first kappa shape index (κ1) is 12.3. The number of ether oxygens (including phenoxy) is 1. The summed E-state index contributed by atoms with van der Waals surface area (Å²) >= 11 is 0. The molecule has 4 heteroatoms. The van der Waals surface area contributed by atoms with Crippen LogP contribution in [0.5, 0.6) is 0 Å².